The molecule has 0 unspecified atom stereocenters. The largest absolute Gasteiger partial charge is 0.428 e. The van der Waals surface area contributed by atoms with Gasteiger partial charge in [-0.3, -0.25) is 14.4 Å². The van der Waals surface area contributed by atoms with Gasteiger partial charge in [0.05, 0.1) is 12.8 Å². The quantitative estimate of drug-likeness (QED) is 0.113. The topological polar surface area (TPSA) is 105 Å². The van der Waals surface area contributed by atoms with Gasteiger partial charge in [-0.15, -0.1) is 0 Å². The van der Waals surface area contributed by atoms with E-state index in [-0.39, 0.29) is 25.6 Å². The van der Waals surface area contributed by atoms with Gasteiger partial charge in [0.25, 0.3) is 0 Å². The first-order chi connectivity index (χ1) is 18.5. The normalized spacial score (nSPS) is 10.6. The van der Waals surface area contributed by atoms with Crippen molar-refractivity contribution in [1.82, 2.24) is 0 Å². The molecule has 0 radical (unpaired) electrons. The lowest BCUT2D eigenvalue weighted by atomic mass is 10.1. The fourth-order valence-electron chi connectivity index (χ4n) is 3.48. The number of benzene rings is 2. The summed E-state index contributed by atoms with van der Waals surface area (Å²) in [4.78, 5) is 46.8. The van der Waals surface area contributed by atoms with Gasteiger partial charge in [0, 0.05) is 12.5 Å². The minimum Gasteiger partial charge on any atom is -0.428 e. The van der Waals surface area contributed by atoms with Crippen LogP contribution < -0.4 is 0 Å². The van der Waals surface area contributed by atoms with Crippen molar-refractivity contribution in [3.63, 3.8) is 0 Å². The Morgan fingerprint density at radius 1 is 0.553 bits per heavy atom. The fourth-order valence-corrected chi connectivity index (χ4v) is 3.48. The van der Waals surface area contributed by atoms with E-state index in [1.165, 1.54) is 6.08 Å². The predicted octanol–water partition coefficient (Wildman–Crippen LogP) is 5.24. The Hall–Kier alpha value is -3.94. The summed E-state index contributed by atoms with van der Waals surface area (Å²) >= 11 is 0. The third-order valence-corrected chi connectivity index (χ3v) is 5.50. The number of carbonyl (C=O) groups is 4. The van der Waals surface area contributed by atoms with Crippen LogP contribution in [0.3, 0.4) is 0 Å². The van der Waals surface area contributed by atoms with Crippen LogP contribution in [-0.2, 0) is 51.0 Å². The summed E-state index contributed by atoms with van der Waals surface area (Å²) < 4.78 is 19.7. The molecular weight excluding hydrogens is 488 g/mol. The van der Waals surface area contributed by atoms with Crippen LogP contribution in [0, 0.1) is 0 Å². The number of hydrogen-bond donors (Lipinski definition) is 0. The van der Waals surface area contributed by atoms with Crippen molar-refractivity contribution in [1.29, 1.82) is 0 Å². The van der Waals surface area contributed by atoms with Crippen molar-refractivity contribution in [2.75, 3.05) is 13.6 Å². The molecule has 38 heavy (non-hydrogen) atoms. The average molecular weight is 525 g/mol. The lowest BCUT2D eigenvalue weighted by Crippen LogP contribution is -2.14. The molecule has 8 heteroatoms. The maximum atomic E-state index is 11.7. The van der Waals surface area contributed by atoms with Gasteiger partial charge in [-0.1, -0.05) is 92.4 Å². The molecule has 204 valence electrons. The van der Waals surface area contributed by atoms with E-state index in [2.05, 4.69) is 0 Å². The molecular formula is C30H36O8. The first-order valence-electron chi connectivity index (χ1n) is 12.9. The average Bonchev–Trinajstić information content (AvgIpc) is 2.91. The number of carbonyl (C=O) groups excluding carboxylic acids is 4. The van der Waals surface area contributed by atoms with Gasteiger partial charge in [0.15, 0.2) is 0 Å². The second-order valence-corrected chi connectivity index (χ2v) is 8.64. The lowest BCUT2D eigenvalue weighted by molar-refractivity contribution is -0.167. The van der Waals surface area contributed by atoms with E-state index in [1.54, 1.807) is 6.08 Å². The van der Waals surface area contributed by atoms with Gasteiger partial charge in [0.2, 0.25) is 13.6 Å². The van der Waals surface area contributed by atoms with Crippen molar-refractivity contribution in [2.45, 2.75) is 64.2 Å². The van der Waals surface area contributed by atoms with Crippen LogP contribution in [0.15, 0.2) is 72.8 Å². The standard InChI is InChI=1S/C30H36O8/c31-27(35-23-37-29(33)21-25-15-9-7-10-16-25)19-13-5-3-1-2-4-6-14-20-28(32)36-24-38-30(34)22-26-17-11-8-12-18-26/h7-13,15-19H,1-6,14,20-24H2. The third kappa shape index (κ3) is 15.2. The minimum atomic E-state index is -0.546. The summed E-state index contributed by atoms with van der Waals surface area (Å²) in [5.74, 6) is -1.81. The summed E-state index contributed by atoms with van der Waals surface area (Å²) in [5.41, 5.74) is 1.68. The van der Waals surface area contributed by atoms with E-state index in [0.717, 1.165) is 56.1 Å². The van der Waals surface area contributed by atoms with Crippen LogP contribution in [-0.4, -0.2) is 37.5 Å². The highest BCUT2D eigenvalue weighted by Gasteiger charge is 2.08. The smallest absolute Gasteiger partial charge is 0.333 e. The zero-order valence-electron chi connectivity index (χ0n) is 21.7. The van der Waals surface area contributed by atoms with Gasteiger partial charge < -0.3 is 18.9 Å². The molecule has 0 bridgehead atoms. The summed E-state index contributed by atoms with van der Waals surface area (Å²) in [7, 11) is 0. The van der Waals surface area contributed by atoms with E-state index in [1.807, 2.05) is 60.7 Å². The molecule has 0 aliphatic heterocycles. The molecule has 0 aliphatic rings. The number of rotatable bonds is 18. The molecule has 0 saturated heterocycles. The molecule has 0 fully saturated rings. The lowest BCUT2D eigenvalue weighted by Gasteiger charge is -2.06. The highest BCUT2D eigenvalue weighted by Crippen LogP contribution is 2.10. The van der Waals surface area contributed by atoms with Crippen LogP contribution in [0.4, 0.5) is 0 Å². The first kappa shape index (κ1) is 30.3. The molecule has 0 aromatic heterocycles. The van der Waals surface area contributed by atoms with Crippen LogP contribution in [0.25, 0.3) is 0 Å². The summed E-state index contributed by atoms with van der Waals surface area (Å²) in [6.07, 6.45) is 10.0. The SMILES string of the molecule is O=C(C=CCCCCCCCCC(=O)OCOC(=O)Cc1ccccc1)OCOC(=O)Cc1ccccc1. The van der Waals surface area contributed by atoms with Crippen molar-refractivity contribution in [2.24, 2.45) is 0 Å². The second kappa shape index (κ2) is 19.2. The van der Waals surface area contributed by atoms with Crippen molar-refractivity contribution in [3.05, 3.63) is 83.9 Å². The Balaban J connectivity index is 1.36. The highest BCUT2D eigenvalue weighted by atomic mass is 16.7. The maximum Gasteiger partial charge on any atom is 0.333 e. The monoisotopic (exact) mass is 524 g/mol. The van der Waals surface area contributed by atoms with Crippen LogP contribution in [0.1, 0.15) is 62.5 Å². The van der Waals surface area contributed by atoms with E-state index >= 15 is 0 Å². The Kier molecular flexibility index (Phi) is 15.3. The molecule has 0 aliphatic carbocycles. The molecule has 0 spiro atoms. The van der Waals surface area contributed by atoms with E-state index in [0.29, 0.717) is 6.42 Å². The number of hydrogen-bond acceptors (Lipinski definition) is 8. The molecule has 2 aromatic carbocycles. The van der Waals surface area contributed by atoms with E-state index in [9.17, 15) is 19.2 Å². The molecule has 0 heterocycles. The Labute approximate surface area is 223 Å². The molecule has 0 amide bonds. The Bertz CT molecular complexity index is 1000. The number of unbranched alkanes of at least 4 members (excludes halogenated alkanes) is 6. The zero-order valence-corrected chi connectivity index (χ0v) is 21.7. The van der Waals surface area contributed by atoms with Crippen molar-refractivity contribution >= 4 is 23.9 Å². The molecule has 8 nitrogen and oxygen atoms in total. The van der Waals surface area contributed by atoms with Crippen molar-refractivity contribution in [3.8, 4) is 0 Å². The molecule has 0 saturated carbocycles. The molecule has 0 N–H and O–H groups in total. The van der Waals surface area contributed by atoms with Crippen molar-refractivity contribution < 1.29 is 38.1 Å². The Morgan fingerprint density at radius 3 is 1.61 bits per heavy atom. The minimum absolute atomic E-state index is 0.130. The van der Waals surface area contributed by atoms with Gasteiger partial charge in [-0.05, 0) is 30.4 Å². The molecule has 2 aromatic rings. The summed E-state index contributed by atoms with van der Waals surface area (Å²) in [6.45, 7) is -0.757. The Morgan fingerprint density at radius 2 is 1.03 bits per heavy atom. The number of ether oxygens (including phenoxy) is 4. The fraction of sp³-hybridized carbons (Fsp3) is 0.400. The number of allylic oxidation sites excluding steroid dienone is 1. The summed E-state index contributed by atoms with van der Waals surface area (Å²) in [6, 6.07) is 18.4. The first-order valence-corrected chi connectivity index (χ1v) is 12.9. The van der Waals surface area contributed by atoms with Gasteiger partial charge >= 0.3 is 23.9 Å². The van der Waals surface area contributed by atoms with Crippen LogP contribution >= 0.6 is 0 Å². The maximum absolute atomic E-state index is 11.7. The van der Waals surface area contributed by atoms with Gasteiger partial charge in [-0.25, -0.2) is 4.79 Å². The third-order valence-electron chi connectivity index (χ3n) is 5.50. The van der Waals surface area contributed by atoms with E-state index < -0.39 is 24.7 Å². The number of esters is 4. The van der Waals surface area contributed by atoms with Gasteiger partial charge in [0.1, 0.15) is 0 Å². The molecule has 2 rings (SSSR count). The second-order valence-electron chi connectivity index (χ2n) is 8.64. The molecule has 0 atom stereocenters. The van der Waals surface area contributed by atoms with Crippen LogP contribution in [0.2, 0.25) is 0 Å². The van der Waals surface area contributed by atoms with Crippen LogP contribution in [0.5, 0.6) is 0 Å². The highest BCUT2D eigenvalue weighted by molar-refractivity contribution is 5.82. The van der Waals surface area contributed by atoms with E-state index in [4.69, 9.17) is 18.9 Å². The summed E-state index contributed by atoms with van der Waals surface area (Å²) in [5, 5.41) is 0. The zero-order chi connectivity index (χ0) is 27.3. The predicted molar refractivity (Wildman–Crippen MR) is 140 cm³/mol. The van der Waals surface area contributed by atoms with Gasteiger partial charge in [-0.2, -0.15) is 0 Å².